The standard InChI is InChI=1S/C63H41ClN2OS/c1-62(2)52-23-7-3-19-47(52)49-22-12-21-44(60(49)62)38-14-11-16-41(32-38)66(43-34-50(39-15-13-31-65-37-39)61-51(35-43)48-20-6-10-26-57(48)67-61)42-28-29-55-59(36-42)68-58-30-27-40(64)33-56(58)63(55)53-24-8-4-17-45(53)46-18-5-9-25-54(46)63/h3-37H,1-2H3. The Kier molecular flexibility index (Phi) is 8.54. The van der Waals surface area contributed by atoms with E-state index in [2.05, 4.69) is 206 Å². The van der Waals surface area contributed by atoms with E-state index in [4.69, 9.17) is 16.0 Å². The van der Waals surface area contributed by atoms with E-state index >= 15 is 0 Å². The van der Waals surface area contributed by atoms with Crippen LogP contribution in [0.1, 0.15) is 47.2 Å². The summed E-state index contributed by atoms with van der Waals surface area (Å²) in [5.74, 6) is 0. The lowest BCUT2D eigenvalue weighted by Gasteiger charge is -2.40. The summed E-state index contributed by atoms with van der Waals surface area (Å²) in [5, 5.41) is 2.86. The Hall–Kier alpha value is -7.63. The second-order valence-corrected chi connectivity index (χ2v) is 20.3. The molecule has 0 amide bonds. The predicted molar refractivity (Wildman–Crippen MR) is 281 cm³/mol. The third-order valence-electron chi connectivity index (χ3n) is 14.8. The van der Waals surface area contributed by atoms with Gasteiger partial charge in [-0.3, -0.25) is 4.98 Å². The summed E-state index contributed by atoms with van der Waals surface area (Å²) >= 11 is 8.78. The SMILES string of the molecule is CC1(C)c2ccccc2-c2cccc(-c3cccc(N(c4ccc5c(c4)Sc4ccc(Cl)cc4C54c5ccccc5-c5ccccc54)c4cc(-c5cccnc5)c5oc6ccccc6c5c4)c3)c21. The van der Waals surface area contributed by atoms with Crippen LogP contribution in [-0.2, 0) is 10.8 Å². The number of fused-ring (bicyclic) bond motifs is 15. The van der Waals surface area contributed by atoms with Crippen molar-refractivity contribution in [1.29, 1.82) is 0 Å². The van der Waals surface area contributed by atoms with Crippen LogP contribution in [0.5, 0.6) is 0 Å². The number of nitrogens with zero attached hydrogens (tertiary/aromatic N) is 2. The van der Waals surface area contributed by atoms with Crippen LogP contribution in [0.15, 0.2) is 227 Å². The van der Waals surface area contributed by atoms with E-state index in [1.54, 1.807) is 0 Å². The van der Waals surface area contributed by atoms with Gasteiger partial charge < -0.3 is 9.32 Å². The molecule has 68 heavy (non-hydrogen) atoms. The minimum Gasteiger partial charge on any atom is -0.455 e. The van der Waals surface area contributed by atoms with Crippen LogP contribution >= 0.6 is 23.4 Å². The highest BCUT2D eigenvalue weighted by atomic mass is 35.5. The highest BCUT2D eigenvalue weighted by Crippen LogP contribution is 2.63. The molecule has 0 N–H and O–H groups in total. The van der Waals surface area contributed by atoms with Gasteiger partial charge in [-0.05, 0) is 133 Å². The zero-order valence-corrected chi connectivity index (χ0v) is 38.9. The van der Waals surface area contributed by atoms with Gasteiger partial charge in [-0.25, -0.2) is 0 Å². The monoisotopic (exact) mass is 908 g/mol. The highest BCUT2D eigenvalue weighted by molar-refractivity contribution is 7.99. The lowest BCUT2D eigenvalue weighted by Crippen LogP contribution is -2.32. The zero-order valence-electron chi connectivity index (χ0n) is 37.3. The fourth-order valence-electron chi connectivity index (χ4n) is 12.0. The van der Waals surface area contributed by atoms with Crippen molar-refractivity contribution in [3.63, 3.8) is 0 Å². The molecule has 2 aliphatic carbocycles. The van der Waals surface area contributed by atoms with Crippen molar-refractivity contribution in [2.75, 3.05) is 4.90 Å². The molecule has 11 aromatic rings. The smallest absolute Gasteiger partial charge is 0.143 e. The number of hydrogen-bond acceptors (Lipinski definition) is 4. The lowest BCUT2D eigenvalue weighted by molar-refractivity contribution is 0.662. The Morgan fingerprint density at radius 2 is 1.15 bits per heavy atom. The van der Waals surface area contributed by atoms with Crippen LogP contribution < -0.4 is 4.90 Å². The number of furan rings is 1. The van der Waals surface area contributed by atoms with Gasteiger partial charge in [0.25, 0.3) is 0 Å². The Balaban J connectivity index is 1.03. The molecule has 0 saturated heterocycles. The van der Waals surface area contributed by atoms with Crippen molar-refractivity contribution in [3.8, 4) is 44.5 Å². The fourth-order valence-corrected chi connectivity index (χ4v) is 13.4. The summed E-state index contributed by atoms with van der Waals surface area (Å²) in [7, 11) is 0. The predicted octanol–water partition coefficient (Wildman–Crippen LogP) is 17.6. The maximum Gasteiger partial charge on any atom is 0.143 e. The first-order valence-electron chi connectivity index (χ1n) is 23.2. The average Bonchev–Trinajstić information content (AvgIpc) is 3.98. The van der Waals surface area contributed by atoms with E-state index in [0.717, 1.165) is 55.2 Å². The molecule has 1 aliphatic heterocycles. The minimum atomic E-state index is -0.558. The molecular weight excluding hydrogens is 868 g/mol. The van der Waals surface area contributed by atoms with Gasteiger partial charge in [-0.1, -0.05) is 171 Å². The topological polar surface area (TPSA) is 29.3 Å². The number of halogens is 1. The van der Waals surface area contributed by atoms with Crippen molar-refractivity contribution in [2.24, 2.45) is 0 Å². The molecule has 0 fully saturated rings. The molecule has 1 spiro atoms. The molecule has 3 heterocycles. The number of anilines is 3. The summed E-state index contributed by atoms with van der Waals surface area (Å²) in [6.07, 6.45) is 3.76. The largest absolute Gasteiger partial charge is 0.455 e. The summed E-state index contributed by atoms with van der Waals surface area (Å²) in [6, 6.07) is 73.3. The van der Waals surface area contributed by atoms with Gasteiger partial charge in [0.15, 0.2) is 0 Å². The molecule has 3 nitrogen and oxygen atoms in total. The number of hydrogen-bond donors (Lipinski definition) is 0. The number of aromatic nitrogens is 1. The Labute approximate surface area is 404 Å². The molecule has 9 aromatic carbocycles. The van der Waals surface area contributed by atoms with Crippen molar-refractivity contribution in [1.82, 2.24) is 4.98 Å². The van der Waals surface area contributed by atoms with Crippen LogP contribution in [0.25, 0.3) is 66.4 Å². The molecule has 5 heteroatoms. The molecule has 3 aliphatic rings. The molecule has 14 rings (SSSR count). The van der Waals surface area contributed by atoms with Crippen LogP contribution in [0, 0.1) is 0 Å². The number of pyridine rings is 1. The van der Waals surface area contributed by atoms with Crippen LogP contribution in [-0.4, -0.2) is 4.98 Å². The molecule has 0 radical (unpaired) electrons. The van der Waals surface area contributed by atoms with Gasteiger partial charge in [0, 0.05) is 71.6 Å². The third-order valence-corrected chi connectivity index (χ3v) is 16.2. The maximum atomic E-state index is 6.95. The van der Waals surface area contributed by atoms with Crippen molar-refractivity contribution < 1.29 is 4.42 Å². The number of rotatable bonds is 5. The van der Waals surface area contributed by atoms with E-state index < -0.39 is 5.41 Å². The van der Waals surface area contributed by atoms with Gasteiger partial charge in [0.05, 0.1) is 5.41 Å². The Morgan fingerprint density at radius 1 is 0.471 bits per heavy atom. The quantitative estimate of drug-likeness (QED) is 0.172. The lowest BCUT2D eigenvalue weighted by atomic mass is 9.67. The first-order chi connectivity index (χ1) is 33.4. The van der Waals surface area contributed by atoms with E-state index in [1.165, 1.54) is 76.6 Å². The van der Waals surface area contributed by atoms with Crippen LogP contribution in [0.2, 0.25) is 5.02 Å². The van der Waals surface area contributed by atoms with E-state index in [1.807, 2.05) is 42.4 Å². The van der Waals surface area contributed by atoms with E-state index in [-0.39, 0.29) is 5.41 Å². The van der Waals surface area contributed by atoms with Crippen molar-refractivity contribution in [3.05, 3.63) is 251 Å². The van der Waals surface area contributed by atoms with Gasteiger partial charge in [0.1, 0.15) is 11.2 Å². The molecule has 2 aromatic heterocycles. The van der Waals surface area contributed by atoms with E-state index in [0.29, 0.717) is 0 Å². The molecule has 322 valence electrons. The molecular formula is C63H41ClN2OS. The third kappa shape index (κ3) is 5.53. The van der Waals surface area contributed by atoms with Crippen LogP contribution in [0.3, 0.4) is 0 Å². The first-order valence-corrected chi connectivity index (χ1v) is 24.4. The second-order valence-electron chi connectivity index (χ2n) is 18.8. The van der Waals surface area contributed by atoms with Gasteiger partial charge in [-0.2, -0.15) is 0 Å². The summed E-state index contributed by atoms with van der Waals surface area (Å²) < 4.78 is 6.72. The van der Waals surface area contributed by atoms with Crippen molar-refractivity contribution >= 4 is 62.4 Å². The first kappa shape index (κ1) is 39.5. The maximum absolute atomic E-state index is 6.95. The van der Waals surface area contributed by atoms with Gasteiger partial charge in [0.2, 0.25) is 0 Å². The summed E-state index contributed by atoms with van der Waals surface area (Å²) in [5.41, 5.74) is 21.4. The Bertz CT molecular complexity index is 3860. The molecule has 0 bridgehead atoms. The minimum absolute atomic E-state index is 0.173. The highest BCUT2D eigenvalue weighted by Gasteiger charge is 2.50. The van der Waals surface area contributed by atoms with Gasteiger partial charge in [-0.15, -0.1) is 0 Å². The summed E-state index contributed by atoms with van der Waals surface area (Å²) in [6.45, 7) is 4.74. The number of benzene rings is 9. The van der Waals surface area contributed by atoms with Crippen molar-refractivity contribution in [2.45, 2.75) is 34.5 Å². The second kappa shape index (κ2) is 14.7. The molecule has 0 saturated carbocycles. The summed E-state index contributed by atoms with van der Waals surface area (Å²) in [4.78, 5) is 9.43. The van der Waals surface area contributed by atoms with Crippen LogP contribution in [0.4, 0.5) is 17.1 Å². The fraction of sp³-hybridized carbons (Fsp3) is 0.0635. The Morgan fingerprint density at radius 3 is 1.94 bits per heavy atom. The van der Waals surface area contributed by atoms with E-state index in [9.17, 15) is 0 Å². The molecule has 0 atom stereocenters. The normalized spacial score (nSPS) is 14.3. The molecule has 0 unspecified atom stereocenters. The average molecular weight is 910 g/mol. The van der Waals surface area contributed by atoms with Gasteiger partial charge >= 0.3 is 0 Å². The zero-order chi connectivity index (χ0) is 45.3. The number of para-hydroxylation sites is 1.